The molecule has 134 valence electrons. The van der Waals surface area contributed by atoms with Gasteiger partial charge >= 0.3 is 0 Å². The molecule has 2 aliphatic rings. The SMILES string of the molecule is COc1cccc(CNC(=O)C2CSC3(C)c4ccccc4C(=O)N23)c1. The summed E-state index contributed by atoms with van der Waals surface area (Å²) >= 11 is 1.65. The first-order valence-corrected chi connectivity index (χ1v) is 9.51. The summed E-state index contributed by atoms with van der Waals surface area (Å²) in [7, 11) is 1.62. The number of nitrogens with one attached hydrogen (secondary N) is 1. The fraction of sp³-hybridized carbons (Fsp3) is 0.300. The van der Waals surface area contributed by atoms with Gasteiger partial charge in [-0.05, 0) is 30.7 Å². The van der Waals surface area contributed by atoms with E-state index in [9.17, 15) is 9.59 Å². The number of hydrogen-bond donors (Lipinski definition) is 1. The molecule has 1 N–H and O–H groups in total. The van der Waals surface area contributed by atoms with Gasteiger partial charge in [0.15, 0.2) is 0 Å². The second-order valence-corrected chi connectivity index (χ2v) is 8.02. The lowest BCUT2D eigenvalue weighted by Crippen LogP contribution is -2.49. The van der Waals surface area contributed by atoms with Crippen molar-refractivity contribution in [3.05, 3.63) is 65.2 Å². The minimum absolute atomic E-state index is 0.0605. The molecule has 0 radical (unpaired) electrons. The minimum Gasteiger partial charge on any atom is -0.497 e. The molecule has 0 spiro atoms. The third kappa shape index (κ3) is 2.56. The molecule has 0 saturated carbocycles. The average molecular weight is 368 g/mol. The van der Waals surface area contributed by atoms with E-state index < -0.39 is 10.9 Å². The fourth-order valence-corrected chi connectivity index (χ4v) is 5.18. The van der Waals surface area contributed by atoms with Gasteiger partial charge in [0.05, 0.1) is 7.11 Å². The van der Waals surface area contributed by atoms with Gasteiger partial charge in [-0.1, -0.05) is 30.3 Å². The van der Waals surface area contributed by atoms with Crippen LogP contribution in [0.2, 0.25) is 0 Å². The Labute approximate surface area is 156 Å². The molecular weight excluding hydrogens is 348 g/mol. The standard InChI is InChI=1S/C20H20N2O3S/c1-20-16-9-4-3-8-15(16)19(24)22(20)17(12-26-20)18(23)21-11-13-6-5-7-14(10-13)25-2/h3-10,17H,11-12H2,1-2H3,(H,21,23). The summed E-state index contributed by atoms with van der Waals surface area (Å²) in [5.41, 5.74) is 2.66. The molecule has 2 heterocycles. The number of fused-ring (bicyclic) bond motifs is 3. The number of carbonyl (C=O) groups excluding carboxylic acids is 2. The van der Waals surface area contributed by atoms with Gasteiger partial charge in [0, 0.05) is 23.4 Å². The Morgan fingerprint density at radius 2 is 2.12 bits per heavy atom. The molecule has 1 fully saturated rings. The van der Waals surface area contributed by atoms with Crippen molar-refractivity contribution in [3.63, 3.8) is 0 Å². The first-order valence-electron chi connectivity index (χ1n) is 8.52. The number of ether oxygens (including phenoxy) is 1. The number of hydrogen-bond acceptors (Lipinski definition) is 4. The van der Waals surface area contributed by atoms with E-state index >= 15 is 0 Å². The van der Waals surface area contributed by atoms with Gasteiger partial charge < -0.3 is 15.0 Å². The van der Waals surface area contributed by atoms with Crippen molar-refractivity contribution >= 4 is 23.6 Å². The predicted octanol–water partition coefficient (Wildman–Crippen LogP) is 2.76. The number of carbonyl (C=O) groups is 2. The third-order valence-corrected chi connectivity index (χ3v) is 6.53. The maximum atomic E-state index is 12.9. The van der Waals surface area contributed by atoms with Crippen molar-refractivity contribution < 1.29 is 14.3 Å². The molecule has 0 aliphatic carbocycles. The van der Waals surface area contributed by atoms with E-state index in [0.29, 0.717) is 17.9 Å². The quantitative estimate of drug-likeness (QED) is 0.902. The number of thioether (sulfide) groups is 1. The number of rotatable bonds is 4. The van der Waals surface area contributed by atoms with Crippen molar-refractivity contribution in [1.29, 1.82) is 0 Å². The van der Waals surface area contributed by atoms with E-state index in [0.717, 1.165) is 16.9 Å². The summed E-state index contributed by atoms with van der Waals surface area (Å²) in [5.74, 6) is 1.17. The van der Waals surface area contributed by atoms with Crippen LogP contribution in [0.1, 0.15) is 28.4 Å². The van der Waals surface area contributed by atoms with Crippen LogP contribution in [0, 0.1) is 0 Å². The highest BCUT2D eigenvalue weighted by Crippen LogP contribution is 2.53. The Morgan fingerprint density at radius 3 is 2.92 bits per heavy atom. The number of nitrogens with zero attached hydrogens (tertiary/aromatic N) is 1. The van der Waals surface area contributed by atoms with E-state index in [4.69, 9.17) is 4.74 Å². The third-order valence-electron chi connectivity index (χ3n) is 5.07. The lowest BCUT2D eigenvalue weighted by atomic mass is 10.1. The van der Waals surface area contributed by atoms with E-state index in [1.54, 1.807) is 23.8 Å². The van der Waals surface area contributed by atoms with Crippen molar-refractivity contribution in [2.24, 2.45) is 0 Å². The van der Waals surface area contributed by atoms with Crippen LogP contribution in [-0.4, -0.2) is 35.6 Å². The van der Waals surface area contributed by atoms with Gasteiger partial charge in [-0.3, -0.25) is 9.59 Å². The Balaban J connectivity index is 1.51. The summed E-state index contributed by atoms with van der Waals surface area (Å²) in [6.45, 7) is 2.43. The van der Waals surface area contributed by atoms with Gasteiger partial charge in [0.2, 0.25) is 5.91 Å². The van der Waals surface area contributed by atoms with Crippen LogP contribution in [0.25, 0.3) is 0 Å². The van der Waals surface area contributed by atoms with Gasteiger partial charge in [0.1, 0.15) is 16.7 Å². The Hall–Kier alpha value is -2.47. The molecule has 1 saturated heterocycles. The van der Waals surface area contributed by atoms with Crippen LogP contribution < -0.4 is 10.1 Å². The smallest absolute Gasteiger partial charge is 0.256 e. The number of amides is 2. The first kappa shape index (κ1) is 17.0. The highest BCUT2D eigenvalue weighted by Gasteiger charge is 2.55. The maximum Gasteiger partial charge on any atom is 0.256 e. The Bertz CT molecular complexity index is 885. The molecule has 2 aromatic rings. The average Bonchev–Trinajstić information content (AvgIpc) is 3.13. The highest BCUT2D eigenvalue weighted by atomic mass is 32.2. The van der Waals surface area contributed by atoms with Crippen LogP contribution >= 0.6 is 11.8 Å². The number of benzene rings is 2. The van der Waals surface area contributed by atoms with Crippen LogP contribution in [0.4, 0.5) is 0 Å². The largest absolute Gasteiger partial charge is 0.497 e. The first-order chi connectivity index (χ1) is 12.5. The monoisotopic (exact) mass is 368 g/mol. The van der Waals surface area contributed by atoms with Crippen molar-refractivity contribution in [3.8, 4) is 5.75 Å². The zero-order chi connectivity index (χ0) is 18.3. The molecule has 2 aliphatic heterocycles. The predicted molar refractivity (Wildman–Crippen MR) is 101 cm³/mol. The van der Waals surface area contributed by atoms with Crippen LogP contribution in [0.3, 0.4) is 0 Å². The van der Waals surface area contributed by atoms with Gasteiger partial charge in [-0.15, -0.1) is 11.8 Å². The molecule has 5 nitrogen and oxygen atoms in total. The van der Waals surface area contributed by atoms with Gasteiger partial charge in [-0.25, -0.2) is 0 Å². The van der Waals surface area contributed by atoms with Crippen LogP contribution in [0.5, 0.6) is 5.75 Å². The Morgan fingerprint density at radius 1 is 1.31 bits per heavy atom. The van der Waals surface area contributed by atoms with E-state index in [1.807, 2.05) is 55.5 Å². The van der Waals surface area contributed by atoms with Gasteiger partial charge in [-0.2, -0.15) is 0 Å². The summed E-state index contributed by atoms with van der Waals surface area (Å²) < 4.78 is 5.21. The number of methoxy groups -OCH3 is 1. The summed E-state index contributed by atoms with van der Waals surface area (Å²) in [5, 5.41) is 2.97. The lowest BCUT2D eigenvalue weighted by molar-refractivity contribution is -0.125. The maximum absolute atomic E-state index is 12.9. The molecule has 4 rings (SSSR count). The molecule has 0 bridgehead atoms. The molecule has 2 unspecified atom stereocenters. The van der Waals surface area contributed by atoms with Crippen molar-refractivity contribution in [1.82, 2.24) is 10.2 Å². The molecule has 2 aromatic carbocycles. The molecule has 0 aromatic heterocycles. The second kappa shape index (κ2) is 6.36. The van der Waals surface area contributed by atoms with E-state index in [1.165, 1.54) is 0 Å². The fourth-order valence-electron chi connectivity index (χ4n) is 3.71. The van der Waals surface area contributed by atoms with Gasteiger partial charge in [0.25, 0.3) is 5.91 Å². The van der Waals surface area contributed by atoms with E-state index in [-0.39, 0.29) is 11.8 Å². The molecule has 26 heavy (non-hydrogen) atoms. The highest BCUT2D eigenvalue weighted by molar-refractivity contribution is 8.00. The molecule has 6 heteroatoms. The van der Waals surface area contributed by atoms with Crippen LogP contribution in [-0.2, 0) is 16.2 Å². The summed E-state index contributed by atoms with van der Waals surface area (Å²) in [4.78, 5) is 26.9. The van der Waals surface area contributed by atoms with Crippen LogP contribution in [0.15, 0.2) is 48.5 Å². The molecule has 2 atom stereocenters. The second-order valence-electron chi connectivity index (χ2n) is 6.60. The van der Waals surface area contributed by atoms with Crippen molar-refractivity contribution in [2.45, 2.75) is 24.4 Å². The minimum atomic E-state index is -0.467. The normalized spacial score (nSPS) is 23.5. The lowest BCUT2D eigenvalue weighted by Gasteiger charge is -2.30. The zero-order valence-corrected chi connectivity index (χ0v) is 15.5. The molecule has 2 amide bonds. The Kier molecular flexibility index (Phi) is 4.15. The zero-order valence-electron chi connectivity index (χ0n) is 14.7. The molecular formula is C20H20N2O3S. The van der Waals surface area contributed by atoms with E-state index in [2.05, 4.69) is 5.32 Å². The van der Waals surface area contributed by atoms with Crippen molar-refractivity contribution in [2.75, 3.05) is 12.9 Å². The summed E-state index contributed by atoms with van der Waals surface area (Å²) in [6, 6.07) is 14.8. The topological polar surface area (TPSA) is 58.6 Å². The summed E-state index contributed by atoms with van der Waals surface area (Å²) in [6.07, 6.45) is 0.